The van der Waals surface area contributed by atoms with Gasteiger partial charge in [-0.25, -0.2) is 9.37 Å². The van der Waals surface area contributed by atoms with E-state index in [0.717, 1.165) is 0 Å². The van der Waals surface area contributed by atoms with Crippen LogP contribution in [-0.2, 0) is 6.54 Å². The second kappa shape index (κ2) is 8.04. The molecule has 0 atom stereocenters. The van der Waals surface area contributed by atoms with E-state index in [1.54, 1.807) is 29.2 Å². The second-order valence-electron chi connectivity index (χ2n) is 6.46. The van der Waals surface area contributed by atoms with Crippen molar-refractivity contribution in [1.82, 2.24) is 24.9 Å². The molecular formula is C19H17ClFN5O2. The maximum atomic E-state index is 13.0. The van der Waals surface area contributed by atoms with Gasteiger partial charge in [0.05, 0.1) is 12.1 Å². The molecule has 28 heavy (non-hydrogen) atoms. The van der Waals surface area contributed by atoms with Gasteiger partial charge < -0.3 is 9.42 Å². The highest BCUT2D eigenvalue weighted by Crippen LogP contribution is 2.18. The van der Waals surface area contributed by atoms with E-state index in [0.29, 0.717) is 60.7 Å². The number of aromatic nitrogens is 3. The van der Waals surface area contributed by atoms with Crippen molar-refractivity contribution in [3.05, 3.63) is 65.0 Å². The topological polar surface area (TPSA) is 75.4 Å². The lowest BCUT2D eigenvalue weighted by Gasteiger charge is -2.34. The molecule has 0 bridgehead atoms. The Labute approximate surface area is 165 Å². The molecule has 0 spiro atoms. The Morgan fingerprint density at radius 2 is 1.86 bits per heavy atom. The first-order valence-electron chi connectivity index (χ1n) is 8.80. The van der Waals surface area contributed by atoms with Crippen LogP contribution in [0.4, 0.5) is 4.39 Å². The number of rotatable bonds is 4. The number of nitrogens with zero attached hydrogens (tertiary/aromatic N) is 5. The number of amides is 1. The molecule has 0 saturated carbocycles. The van der Waals surface area contributed by atoms with Gasteiger partial charge >= 0.3 is 0 Å². The van der Waals surface area contributed by atoms with Crippen molar-refractivity contribution >= 4 is 17.5 Å². The molecule has 0 unspecified atom stereocenters. The summed E-state index contributed by atoms with van der Waals surface area (Å²) in [6.07, 6.45) is 1.49. The maximum Gasteiger partial charge on any atom is 0.257 e. The molecule has 4 rings (SSSR count). The number of hydrogen-bond donors (Lipinski definition) is 0. The van der Waals surface area contributed by atoms with Crippen LogP contribution in [0.15, 0.2) is 47.1 Å². The fourth-order valence-electron chi connectivity index (χ4n) is 3.02. The van der Waals surface area contributed by atoms with Gasteiger partial charge in [-0.3, -0.25) is 9.69 Å². The summed E-state index contributed by atoms with van der Waals surface area (Å²) < 4.78 is 18.3. The number of hydrogen-bond acceptors (Lipinski definition) is 6. The van der Waals surface area contributed by atoms with E-state index in [1.165, 1.54) is 18.3 Å². The maximum absolute atomic E-state index is 13.0. The number of carbonyl (C=O) groups is 1. The molecule has 1 aliphatic rings. The number of benzene rings is 1. The minimum atomic E-state index is -0.315. The Balaban J connectivity index is 1.33. The van der Waals surface area contributed by atoms with Crippen LogP contribution in [0.3, 0.4) is 0 Å². The molecule has 0 radical (unpaired) electrons. The Morgan fingerprint density at radius 3 is 2.54 bits per heavy atom. The fourth-order valence-corrected chi connectivity index (χ4v) is 3.13. The van der Waals surface area contributed by atoms with Crippen molar-refractivity contribution in [2.45, 2.75) is 6.54 Å². The number of pyridine rings is 1. The van der Waals surface area contributed by atoms with E-state index < -0.39 is 0 Å². The predicted octanol–water partition coefficient (Wildman–Crippen LogP) is 2.88. The molecule has 2 aromatic heterocycles. The summed E-state index contributed by atoms with van der Waals surface area (Å²) in [7, 11) is 0. The largest absolute Gasteiger partial charge is 0.336 e. The SMILES string of the molecule is O=C(c1ccc(Cl)nc1)N1CCN(Cc2noc(-c3ccc(F)cc3)n2)CC1. The lowest BCUT2D eigenvalue weighted by molar-refractivity contribution is 0.0624. The van der Waals surface area contributed by atoms with Crippen LogP contribution >= 0.6 is 11.6 Å². The van der Waals surface area contributed by atoms with E-state index in [2.05, 4.69) is 20.0 Å². The first-order chi connectivity index (χ1) is 13.6. The standard InChI is InChI=1S/C19H17ClFN5O2/c20-16-6-3-14(11-22-16)19(27)26-9-7-25(8-10-26)12-17-23-18(28-24-17)13-1-4-15(21)5-2-13/h1-6,11H,7-10,12H2. The summed E-state index contributed by atoms with van der Waals surface area (Å²) >= 11 is 5.77. The van der Waals surface area contributed by atoms with E-state index >= 15 is 0 Å². The molecule has 0 aliphatic carbocycles. The molecule has 1 fully saturated rings. The molecule has 0 N–H and O–H groups in total. The van der Waals surface area contributed by atoms with E-state index in [1.807, 2.05) is 0 Å². The zero-order valence-electron chi connectivity index (χ0n) is 14.9. The predicted molar refractivity (Wildman–Crippen MR) is 100 cm³/mol. The highest BCUT2D eigenvalue weighted by atomic mass is 35.5. The van der Waals surface area contributed by atoms with Crippen LogP contribution in [0.2, 0.25) is 5.15 Å². The van der Waals surface area contributed by atoms with Gasteiger partial charge in [0.2, 0.25) is 0 Å². The molecule has 1 saturated heterocycles. The van der Waals surface area contributed by atoms with Crippen molar-refractivity contribution in [3.8, 4) is 11.5 Å². The molecule has 3 aromatic rings. The highest BCUT2D eigenvalue weighted by molar-refractivity contribution is 6.29. The zero-order valence-corrected chi connectivity index (χ0v) is 15.6. The lowest BCUT2D eigenvalue weighted by Crippen LogP contribution is -2.48. The smallest absolute Gasteiger partial charge is 0.257 e. The Bertz CT molecular complexity index is 953. The van der Waals surface area contributed by atoms with Crippen LogP contribution < -0.4 is 0 Å². The first-order valence-corrected chi connectivity index (χ1v) is 9.18. The summed E-state index contributed by atoms with van der Waals surface area (Å²) in [5, 5.41) is 4.36. The highest BCUT2D eigenvalue weighted by Gasteiger charge is 2.23. The van der Waals surface area contributed by atoms with E-state index in [4.69, 9.17) is 16.1 Å². The third kappa shape index (κ3) is 4.18. The van der Waals surface area contributed by atoms with Gasteiger partial charge in [-0.1, -0.05) is 16.8 Å². The molecule has 1 amide bonds. The summed E-state index contributed by atoms with van der Waals surface area (Å²) in [6, 6.07) is 9.20. The minimum Gasteiger partial charge on any atom is -0.336 e. The number of halogens is 2. The van der Waals surface area contributed by atoms with Crippen LogP contribution in [0.1, 0.15) is 16.2 Å². The van der Waals surface area contributed by atoms with Crippen LogP contribution in [-0.4, -0.2) is 57.0 Å². The van der Waals surface area contributed by atoms with Gasteiger partial charge in [-0.2, -0.15) is 4.98 Å². The first kappa shape index (κ1) is 18.5. The van der Waals surface area contributed by atoms with Gasteiger partial charge in [0.25, 0.3) is 11.8 Å². The molecule has 9 heteroatoms. The van der Waals surface area contributed by atoms with E-state index in [9.17, 15) is 9.18 Å². The average molecular weight is 402 g/mol. The molecule has 1 aromatic carbocycles. The third-order valence-electron chi connectivity index (χ3n) is 4.56. The van der Waals surface area contributed by atoms with Gasteiger partial charge in [0, 0.05) is 37.9 Å². The van der Waals surface area contributed by atoms with Gasteiger partial charge in [0.15, 0.2) is 5.82 Å². The molecule has 1 aliphatic heterocycles. The molecule has 144 valence electrons. The Kier molecular flexibility index (Phi) is 5.31. The monoisotopic (exact) mass is 401 g/mol. The number of carbonyl (C=O) groups excluding carboxylic acids is 1. The average Bonchev–Trinajstić information content (AvgIpc) is 3.18. The minimum absolute atomic E-state index is 0.0537. The molecule has 3 heterocycles. The molecule has 7 nitrogen and oxygen atoms in total. The Morgan fingerprint density at radius 1 is 1.11 bits per heavy atom. The van der Waals surface area contributed by atoms with E-state index in [-0.39, 0.29) is 11.7 Å². The normalized spacial score (nSPS) is 15.0. The van der Waals surface area contributed by atoms with Crippen LogP contribution in [0.5, 0.6) is 0 Å². The van der Waals surface area contributed by atoms with Crippen LogP contribution in [0.25, 0.3) is 11.5 Å². The second-order valence-corrected chi connectivity index (χ2v) is 6.85. The Hall–Kier alpha value is -2.84. The number of piperazine rings is 1. The van der Waals surface area contributed by atoms with Crippen molar-refractivity contribution in [2.24, 2.45) is 0 Å². The third-order valence-corrected chi connectivity index (χ3v) is 4.78. The van der Waals surface area contributed by atoms with Crippen molar-refractivity contribution in [3.63, 3.8) is 0 Å². The van der Waals surface area contributed by atoms with Crippen molar-refractivity contribution < 1.29 is 13.7 Å². The molecular weight excluding hydrogens is 385 g/mol. The zero-order chi connectivity index (χ0) is 19.5. The summed E-state index contributed by atoms with van der Waals surface area (Å²) in [4.78, 5) is 24.8. The lowest BCUT2D eigenvalue weighted by atomic mass is 10.2. The summed E-state index contributed by atoms with van der Waals surface area (Å²) in [5.41, 5.74) is 1.20. The fraction of sp³-hybridized carbons (Fsp3) is 0.263. The van der Waals surface area contributed by atoms with Gasteiger partial charge in [0.1, 0.15) is 11.0 Å². The summed E-state index contributed by atoms with van der Waals surface area (Å²) in [6.45, 7) is 3.13. The van der Waals surface area contributed by atoms with Gasteiger partial charge in [-0.05, 0) is 36.4 Å². The van der Waals surface area contributed by atoms with Crippen molar-refractivity contribution in [2.75, 3.05) is 26.2 Å². The van der Waals surface area contributed by atoms with Crippen LogP contribution in [0, 0.1) is 5.82 Å². The summed E-state index contributed by atoms with van der Waals surface area (Å²) in [5.74, 6) is 0.548. The van der Waals surface area contributed by atoms with Gasteiger partial charge in [-0.15, -0.1) is 0 Å². The quantitative estimate of drug-likeness (QED) is 0.626. The van der Waals surface area contributed by atoms with Crippen molar-refractivity contribution in [1.29, 1.82) is 0 Å².